The monoisotopic (exact) mass is 373 g/mol. The van der Waals surface area contributed by atoms with Crippen LogP contribution in [-0.2, 0) is 11.3 Å². The van der Waals surface area contributed by atoms with Crippen molar-refractivity contribution in [3.63, 3.8) is 0 Å². The molecule has 0 radical (unpaired) electrons. The lowest BCUT2D eigenvalue weighted by molar-refractivity contribution is -0.127. The third-order valence-corrected chi connectivity index (χ3v) is 4.34. The molecule has 3 rings (SSSR count). The minimum absolute atomic E-state index is 0.0525. The molecule has 142 valence electrons. The molecule has 1 aromatic carbocycles. The molecule has 0 saturated carbocycles. The van der Waals surface area contributed by atoms with E-state index in [0.717, 1.165) is 25.3 Å². The van der Waals surface area contributed by atoms with Crippen LogP contribution in [0.3, 0.4) is 0 Å². The Bertz CT molecular complexity index is 776. The maximum absolute atomic E-state index is 12.5. The van der Waals surface area contributed by atoms with Gasteiger partial charge in [0.1, 0.15) is 5.75 Å². The highest BCUT2D eigenvalue weighted by Gasteiger charge is 2.20. The molecule has 0 N–H and O–H groups in total. The van der Waals surface area contributed by atoms with Crippen LogP contribution in [0.4, 0.5) is 8.78 Å². The maximum atomic E-state index is 12.5. The summed E-state index contributed by atoms with van der Waals surface area (Å²) >= 11 is 0. The van der Waals surface area contributed by atoms with Gasteiger partial charge in [-0.2, -0.15) is 8.78 Å². The first kappa shape index (κ1) is 19.0. The van der Waals surface area contributed by atoms with Crippen LogP contribution in [-0.4, -0.2) is 53.5 Å². The van der Waals surface area contributed by atoms with E-state index in [1.54, 1.807) is 29.3 Å². The van der Waals surface area contributed by atoms with Gasteiger partial charge in [0.25, 0.3) is 0 Å². The highest BCUT2D eigenvalue weighted by Crippen LogP contribution is 2.21. The molecule has 7 heteroatoms. The summed E-state index contributed by atoms with van der Waals surface area (Å²) < 4.78 is 29.4. The first-order valence-electron chi connectivity index (χ1n) is 8.75. The van der Waals surface area contributed by atoms with Crippen molar-refractivity contribution in [2.45, 2.75) is 13.2 Å². The highest BCUT2D eigenvalue weighted by atomic mass is 19.3. The Morgan fingerprint density at radius 3 is 2.56 bits per heavy atom. The minimum atomic E-state index is -2.90. The number of halogens is 2. The smallest absolute Gasteiger partial charge is 0.387 e. The van der Waals surface area contributed by atoms with E-state index in [1.165, 1.54) is 18.2 Å². The van der Waals surface area contributed by atoms with Gasteiger partial charge in [-0.1, -0.05) is 24.3 Å². The molecule has 1 saturated heterocycles. The molecule has 0 atom stereocenters. The number of benzene rings is 1. The van der Waals surface area contributed by atoms with E-state index in [0.29, 0.717) is 18.7 Å². The summed E-state index contributed by atoms with van der Waals surface area (Å²) in [4.78, 5) is 20.7. The molecular weight excluding hydrogens is 352 g/mol. The van der Waals surface area contributed by atoms with Crippen LogP contribution >= 0.6 is 0 Å². The van der Waals surface area contributed by atoms with Crippen molar-refractivity contribution in [1.82, 2.24) is 14.8 Å². The Morgan fingerprint density at radius 2 is 1.85 bits per heavy atom. The van der Waals surface area contributed by atoms with E-state index in [4.69, 9.17) is 0 Å². The third kappa shape index (κ3) is 5.59. The average Bonchev–Trinajstić information content (AvgIpc) is 2.68. The highest BCUT2D eigenvalue weighted by molar-refractivity contribution is 5.92. The number of para-hydroxylation sites is 1. The quantitative estimate of drug-likeness (QED) is 0.731. The number of carbonyl (C=O) groups is 1. The fourth-order valence-electron chi connectivity index (χ4n) is 2.94. The summed E-state index contributed by atoms with van der Waals surface area (Å²) in [6, 6.07) is 12.2. The average molecular weight is 373 g/mol. The van der Waals surface area contributed by atoms with E-state index in [1.807, 2.05) is 18.2 Å². The van der Waals surface area contributed by atoms with Crippen LogP contribution in [0.1, 0.15) is 11.3 Å². The lowest BCUT2D eigenvalue weighted by atomic mass is 10.2. The number of alkyl halides is 2. The lowest BCUT2D eigenvalue weighted by Gasteiger charge is -2.34. The molecule has 27 heavy (non-hydrogen) atoms. The van der Waals surface area contributed by atoms with E-state index >= 15 is 0 Å². The molecule has 2 aromatic rings. The van der Waals surface area contributed by atoms with Gasteiger partial charge in [-0.3, -0.25) is 14.7 Å². The number of ether oxygens (including phenoxy) is 1. The zero-order valence-electron chi connectivity index (χ0n) is 14.8. The molecule has 1 aliphatic heterocycles. The van der Waals surface area contributed by atoms with Gasteiger partial charge >= 0.3 is 6.61 Å². The number of piperazine rings is 1. The van der Waals surface area contributed by atoms with Crippen LogP contribution in [0.15, 0.2) is 54.7 Å². The predicted octanol–water partition coefficient (Wildman–Crippen LogP) is 3.04. The van der Waals surface area contributed by atoms with Gasteiger partial charge in [0.05, 0.1) is 5.69 Å². The molecule has 0 spiro atoms. The lowest BCUT2D eigenvalue weighted by Crippen LogP contribution is -2.47. The SMILES string of the molecule is O=C(/C=C/c1ccccc1OC(F)F)N1CCN(Cc2ccccn2)CC1. The topological polar surface area (TPSA) is 45.7 Å². The number of carbonyl (C=O) groups excluding carboxylic acids is 1. The normalized spacial score (nSPS) is 15.4. The van der Waals surface area contributed by atoms with Crippen molar-refractivity contribution < 1.29 is 18.3 Å². The Morgan fingerprint density at radius 1 is 1.11 bits per heavy atom. The van der Waals surface area contributed by atoms with Crippen molar-refractivity contribution in [1.29, 1.82) is 0 Å². The van der Waals surface area contributed by atoms with Crippen molar-refractivity contribution in [2.24, 2.45) is 0 Å². The number of amides is 1. The van der Waals surface area contributed by atoms with Gasteiger partial charge in [-0.15, -0.1) is 0 Å². The number of hydrogen-bond acceptors (Lipinski definition) is 4. The number of pyridine rings is 1. The van der Waals surface area contributed by atoms with Gasteiger partial charge in [-0.25, -0.2) is 0 Å². The summed E-state index contributed by atoms with van der Waals surface area (Å²) in [5.74, 6) is -0.0870. The van der Waals surface area contributed by atoms with Crippen molar-refractivity contribution in [2.75, 3.05) is 26.2 Å². The summed E-state index contributed by atoms with van der Waals surface area (Å²) in [5, 5.41) is 0. The summed E-state index contributed by atoms with van der Waals surface area (Å²) in [6.07, 6.45) is 4.69. The van der Waals surface area contributed by atoms with E-state index in [2.05, 4.69) is 14.6 Å². The van der Waals surface area contributed by atoms with Gasteiger partial charge < -0.3 is 9.64 Å². The van der Waals surface area contributed by atoms with Crippen LogP contribution < -0.4 is 4.74 Å². The first-order valence-corrected chi connectivity index (χ1v) is 8.75. The third-order valence-electron chi connectivity index (χ3n) is 4.34. The summed E-state index contributed by atoms with van der Waals surface area (Å²) in [6.45, 7) is 0.623. The van der Waals surface area contributed by atoms with Crippen molar-refractivity contribution >= 4 is 12.0 Å². The van der Waals surface area contributed by atoms with Crippen LogP contribution in [0.25, 0.3) is 6.08 Å². The van der Waals surface area contributed by atoms with Gasteiger partial charge in [-0.05, 0) is 24.3 Å². The summed E-state index contributed by atoms with van der Waals surface area (Å²) in [5.41, 5.74) is 1.45. The van der Waals surface area contributed by atoms with Crippen LogP contribution in [0, 0.1) is 0 Å². The maximum Gasteiger partial charge on any atom is 0.387 e. The minimum Gasteiger partial charge on any atom is -0.434 e. The fourth-order valence-corrected chi connectivity index (χ4v) is 2.94. The van der Waals surface area contributed by atoms with Gasteiger partial charge in [0.2, 0.25) is 5.91 Å². The number of hydrogen-bond donors (Lipinski definition) is 0. The molecule has 0 bridgehead atoms. The fraction of sp³-hybridized carbons (Fsp3) is 0.300. The molecule has 1 amide bonds. The van der Waals surface area contributed by atoms with E-state index in [-0.39, 0.29) is 11.7 Å². The molecule has 5 nitrogen and oxygen atoms in total. The van der Waals surface area contributed by atoms with Crippen LogP contribution in [0.5, 0.6) is 5.75 Å². The standard InChI is InChI=1S/C20H21F2N3O2/c21-20(22)27-18-7-2-1-5-16(18)8-9-19(26)25-13-11-24(12-14-25)15-17-6-3-4-10-23-17/h1-10,20H,11-15H2/b9-8+. The largest absolute Gasteiger partial charge is 0.434 e. The Hall–Kier alpha value is -2.80. The molecule has 1 fully saturated rings. The Kier molecular flexibility index (Phi) is 6.49. The zero-order valence-corrected chi connectivity index (χ0v) is 14.8. The molecule has 2 heterocycles. The van der Waals surface area contributed by atoms with Gasteiger partial charge in [0, 0.05) is 50.6 Å². The number of aromatic nitrogens is 1. The Labute approximate surface area is 156 Å². The molecule has 1 aromatic heterocycles. The second-order valence-electron chi connectivity index (χ2n) is 6.17. The van der Waals surface area contributed by atoms with Gasteiger partial charge in [0.15, 0.2) is 0 Å². The summed E-state index contributed by atoms with van der Waals surface area (Å²) in [7, 11) is 0. The van der Waals surface area contributed by atoms with Crippen LogP contribution in [0.2, 0.25) is 0 Å². The second kappa shape index (κ2) is 9.23. The van der Waals surface area contributed by atoms with Crippen molar-refractivity contribution in [3.8, 4) is 5.75 Å². The first-order chi connectivity index (χ1) is 13.1. The Balaban J connectivity index is 1.53. The number of nitrogens with zero attached hydrogens (tertiary/aromatic N) is 3. The van der Waals surface area contributed by atoms with E-state index in [9.17, 15) is 13.6 Å². The molecule has 1 aliphatic rings. The number of rotatable bonds is 6. The van der Waals surface area contributed by atoms with Crippen molar-refractivity contribution in [3.05, 3.63) is 66.0 Å². The predicted molar refractivity (Wildman–Crippen MR) is 98.2 cm³/mol. The zero-order chi connectivity index (χ0) is 19.1. The van der Waals surface area contributed by atoms with E-state index < -0.39 is 6.61 Å². The molecule has 0 aliphatic carbocycles. The molecular formula is C20H21F2N3O2. The molecule has 0 unspecified atom stereocenters. The second-order valence-corrected chi connectivity index (χ2v) is 6.17.